The molecule has 1 unspecified atom stereocenters. The molecule has 5 heteroatoms. The lowest BCUT2D eigenvalue weighted by atomic mass is 9.92. The molecule has 1 aliphatic carbocycles. The maximum absolute atomic E-state index is 12.4. The molecule has 1 aromatic heterocycles. The number of nitrogens with zero attached hydrogens (tertiary/aromatic N) is 1. The van der Waals surface area contributed by atoms with Gasteiger partial charge in [0.15, 0.2) is 5.78 Å². The molecule has 2 N–H and O–H groups in total. The van der Waals surface area contributed by atoms with Crippen molar-refractivity contribution in [1.82, 2.24) is 9.88 Å². The van der Waals surface area contributed by atoms with E-state index in [4.69, 9.17) is 0 Å². The first-order valence-electron chi connectivity index (χ1n) is 8.11. The van der Waals surface area contributed by atoms with E-state index in [1.807, 2.05) is 30.3 Å². The Hall–Kier alpha value is -2.40. The van der Waals surface area contributed by atoms with Gasteiger partial charge in [-0.05, 0) is 31.4 Å². The van der Waals surface area contributed by atoms with Crippen LogP contribution >= 0.6 is 0 Å². The Balaban J connectivity index is 1.67. The monoisotopic (exact) mass is 326 g/mol. The predicted molar refractivity (Wildman–Crippen MR) is 90.8 cm³/mol. The fourth-order valence-electron chi connectivity index (χ4n) is 3.03. The van der Waals surface area contributed by atoms with Crippen LogP contribution in [0.2, 0.25) is 0 Å². The lowest BCUT2D eigenvalue weighted by Crippen LogP contribution is -2.34. The van der Waals surface area contributed by atoms with Crippen LogP contribution in [-0.2, 0) is 7.05 Å². The second-order valence-electron chi connectivity index (χ2n) is 6.64. The van der Waals surface area contributed by atoms with Crippen LogP contribution in [-0.4, -0.2) is 27.9 Å². The largest absolute Gasteiger partial charge is 0.388 e. The number of hydrogen-bond donors (Lipinski definition) is 2. The molecule has 3 rings (SSSR count). The van der Waals surface area contributed by atoms with Crippen molar-refractivity contribution in [3.8, 4) is 0 Å². The summed E-state index contributed by atoms with van der Waals surface area (Å²) in [6.45, 7) is 1.90. The van der Waals surface area contributed by atoms with Gasteiger partial charge < -0.3 is 15.0 Å². The minimum atomic E-state index is -0.583. The standard InChI is InChI=1S/C19H22N2O3/c1-13(22)15-10-16(21(2)11-15)18(24)20-12-19(8-9-19)17(23)14-6-4-3-5-7-14/h3-7,10-11,17,23H,8-9,12H2,1-2H3,(H,20,24). The van der Waals surface area contributed by atoms with Crippen LogP contribution in [0.4, 0.5) is 0 Å². The molecule has 1 heterocycles. The van der Waals surface area contributed by atoms with E-state index >= 15 is 0 Å². The van der Waals surface area contributed by atoms with Crippen molar-refractivity contribution in [3.63, 3.8) is 0 Å². The van der Waals surface area contributed by atoms with E-state index < -0.39 is 6.10 Å². The number of ketones is 1. The summed E-state index contributed by atoms with van der Waals surface area (Å²) >= 11 is 0. The number of nitrogens with one attached hydrogen (secondary N) is 1. The van der Waals surface area contributed by atoms with Crippen molar-refractivity contribution in [2.45, 2.75) is 25.9 Å². The molecule has 126 valence electrons. The van der Waals surface area contributed by atoms with Gasteiger partial charge in [-0.25, -0.2) is 0 Å². The minimum Gasteiger partial charge on any atom is -0.388 e. The Bertz CT molecular complexity index is 760. The first-order chi connectivity index (χ1) is 11.4. The molecule has 1 atom stereocenters. The molecule has 0 spiro atoms. The molecule has 1 aromatic carbocycles. The van der Waals surface area contributed by atoms with Crippen LogP contribution < -0.4 is 5.32 Å². The molecule has 0 aliphatic heterocycles. The molecule has 1 fully saturated rings. The summed E-state index contributed by atoms with van der Waals surface area (Å²) in [4.78, 5) is 23.8. The van der Waals surface area contributed by atoms with Crippen LogP contribution in [0.3, 0.4) is 0 Å². The fourth-order valence-corrected chi connectivity index (χ4v) is 3.03. The normalized spacial score (nSPS) is 16.5. The number of hydrogen-bond acceptors (Lipinski definition) is 3. The number of amides is 1. The second-order valence-corrected chi connectivity index (χ2v) is 6.64. The summed E-state index contributed by atoms with van der Waals surface area (Å²) in [5.41, 5.74) is 1.56. The molecule has 24 heavy (non-hydrogen) atoms. The summed E-state index contributed by atoms with van der Waals surface area (Å²) < 4.78 is 1.65. The van der Waals surface area contributed by atoms with Crippen molar-refractivity contribution < 1.29 is 14.7 Å². The summed E-state index contributed by atoms with van der Waals surface area (Å²) in [6, 6.07) is 11.1. The highest BCUT2D eigenvalue weighted by Gasteiger charge is 2.49. The average molecular weight is 326 g/mol. The molecular formula is C19H22N2O3. The van der Waals surface area contributed by atoms with Gasteiger partial charge in [0.25, 0.3) is 5.91 Å². The van der Waals surface area contributed by atoms with Crippen LogP contribution in [0.1, 0.15) is 52.3 Å². The maximum Gasteiger partial charge on any atom is 0.267 e. The van der Waals surface area contributed by atoms with E-state index in [2.05, 4.69) is 5.32 Å². The van der Waals surface area contributed by atoms with Gasteiger partial charge in [0.05, 0.1) is 6.10 Å². The van der Waals surface area contributed by atoms with Gasteiger partial charge in [-0.3, -0.25) is 9.59 Å². The lowest BCUT2D eigenvalue weighted by Gasteiger charge is -2.23. The van der Waals surface area contributed by atoms with Gasteiger partial charge in [0.2, 0.25) is 0 Å². The second kappa shape index (κ2) is 6.24. The third-order valence-electron chi connectivity index (χ3n) is 4.83. The zero-order valence-electron chi connectivity index (χ0n) is 14.0. The predicted octanol–water partition coefficient (Wildman–Crippen LogP) is 2.47. The smallest absolute Gasteiger partial charge is 0.267 e. The molecule has 0 saturated heterocycles. The Kier molecular flexibility index (Phi) is 4.28. The molecule has 1 aliphatic rings. The average Bonchev–Trinajstić information content (AvgIpc) is 3.27. The Morgan fingerprint density at radius 1 is 1.29 bits per heavy atom. The maximum atomic E-state index is 12.4. The first kappa shape index (κ1) is 16.5. The highest BCUT2D eigenvalue weighted by atomic mass is 16.3. The third-order valence-corrected chi connectivity index (χ3v) is 4.83. The molecule has 0 radical (unpaired) electrons. The van der Waals surface area contributed by atoms with Crippen LogP contribution in [0.5, 0.6) is 0 Å². The van der Waals surface area contributed by atoms with Gasteiger partial charge in [0.1, 0.15) is 5.69 Å². The van der Waals surface area contributed by atoms with E-state index in [1.165, 1.54) is 6.92 Å². The van der Waals surface area contributed by atoms with E-state index in [1.54, 1.807) is 23.9 Å². The zero-order valence-corrected chi connectivity index (χ0v) is 14.0. The summed E-state index contributed by atoms with van der Waals surface area (Å²) in [5, 5.41) is 13.5. The zero-order chi connectivity index (χ0) is 17.3. The fraction of sp³-hybridized carbons (Fsp3) is 0.368. The van der Waals surface area contributed by atoms with E-state index in [-0.39, 0.29) is 17.1 Å². The van der Waals surface area contributed by atoms with Gasteiger partial charge in [0, 0.05) is 30.8 Å². The SMILES string of the molecule is CC(=O)c1cc(C(=O)NCC2(C(O)c3ccccc3)CC2)n(C)c1. The third kappa shape index (κ3) is 3.12. The van der Waals surface area contributed by atoms with Crippen molar-refractivity contribution in [1.29, 1.82) is 0 Å². The summed E-state index contributed by atoms with van der Waals surface area (Å²) in [7, 11) is 1.74. The van der Waals surface area contributed by atoms with Crippen LogP contribution in [0.15, 0.2) is 42.6 Å². The minimum absolute atomic E-state index is 0.0668. The Morgan fingerprint density at radius 2 is 1.96 bits per heavy atom. The number of benzene rings is 1. The number of aromatic nitrogens is 1. The van der Waals surface area contributed by atoms with Gasteiger partial charge in [-0.1, -0.05) is 30.3 Å². The first-order valence-corrected chi connectivity index (χ1v) is 8.11. The van der Waals surface area contributed by atoms with Crippen molar-refractivity contribution in [2.75, 3.05) is 6.54 Å². The summed E-state index contributed by atoms with van der Waals surface area (Å²) in [6.07, 6.45) is 2.84. The van der Waals surface area contributed by atoms with Crippen molar-refractivity contribution in [3.05, 3.63) is 59.4 Å². The van der Waals surface area contributed by atoms with E-state index in [0.29, 0.717) is 17.8 Å². The quantitative estimate of drug-likeness (QED) is 0.801. The molecule has 1 amide bonds. The number of Topliss-reactive ketones (excluding diaryl/α,β-unsaturated/α-hetero) is 1. The lowest BCUT2D eigenvalue weighted by molar-refractivity contribution is 0.0803. The highest BCUT2D eigenvalue weighted by Crippen LogP contribution is 2.54. The van der Waals surface area contributed by atoms with Gasteiger partial charge >= 0.3 is 0 Å². The molecule has 5 nitrogen and oxygen atoms in total. The summed E-state index contributed by atoms with van der Waals surface area (Å²) in [5.74, 6) is -0.292. The topological polar surface area (TPSA) is 71.3 Å². The number of rotatable bonds is 6. The Morgan fingerprint density at radius 3 is 2.50 bits per heavy atom. The number of carbonyl (C=O) groups is 2. The van der Waals surface area contributed by atoms with Crippen molar-refractivity contribution >= 4 is 11.7 Å². The molecule has 1 saturated carbocycles. The van der Waals surface area contributed by atoms with Crippen LogP contribution in [0, 0.1) is 5.41 Å². The van der Waals surface area contributed by atoms with Crippen molar-refractivity contribution in [2.24, 2.45) is 12.5 Å². The number of carbonyl (C=O) groups excluding carboxylic acids is 2. The van der Waals surface area contributed by atoms with Gasteiger partial charge in [-0.2, -0.15) is 0 Å². The van der Waals surface area contributed by atoms with E-state index in [9.17, 15) is 14.7 Å². The molecule has 0 bridgehead atoms. The molecular weight excluding hydrogens is 304 g/mol. The van der Waals surface area contributed by atoms with Crippen LogP contribution in [0.25, 0.3) is 0 Å². The number of aryl methyl sites for hydroxylation is 1. The highest BCUT2D eigenvalue weighted by molar-refractivity contribution is 5.99. The Labute approximate surface area is 141 Å². The van der Waals surface area contributed by atoms with E-state index in [0.717, 1.165) is 18.4 Å². The number of aliphatic hydroxyl groups is 1. The molecule has 2 aromatic rings. The van der Waals surface area contributed by atoms with Gasteiger partial charge in [-0.15, -0.1) is 0 Å². The number of aliphatic hydroxyl groups excluding tert-OH is 1.